The van der Waals surface area contributed by atoms with Gasteiger partial charge in [0.05, 0.1) is 0 Å². The molecule has 2 N–H and O–H groups in total. The lowest BCUT2D eigenvalue weighted by molar-refractivity contribution is -0.122. The van der Waals surface area contributed by atoms with Crippen LogP contribution in [0, 0.1) is 5.41 Å². The summed E-state index contributed by atoms with van der Waals surface area (Å²) in [6, 6.07) is 10.0. The number of H-pyrrole nitrogens is 1. The van der Waals surface area contributed by atoms with Crippen LogP contribution in [-0.4, -0.2) is 22.4 Å². The number of imidazole rings is 1. The number of nitrogens with one attached hydrogen (secondary N) is 2. The van der Waals surface area contributed by atoms with E-state index in [0.717, 1.165) is 23.5 Å². The summed E-state index contributed by atoms with van der Waals surface area (Å²) in [6.45, 7) is 6.82. The number of carbonyl (C=O) groups is 1. The monoisotopic (exact) mass is 285 g/mol. The molecule has 0 unspecified atom stereocenters. The first-order valence-electron chi connectivity index (χ1n) is 7.30. The molecule has 0 fully saturated rings. The number of benzene rings is 1. The van der Waals surface area contributed by atoms with Crippen molar-refractivity contribution in [3.05, 3.63) is 42.2 Å². The summed E-state index contributed by atoms with van der Waals surface area (Å²) < 4.78 is 0. The van der Waals surface area contributed by atoms with Gasteiger partial charge in [-0.05, 0) is 5.41 Å². The second-order valence-electron chi connectivity index (χ2n) is 6.46. The van der Waals surface area contributed by atoms with Crippen molar-refractivity contribution in [1.29, 1.82) is 0 Å². The fraction of sp³-hybridized carbons (Fsp3) is 0.412. The van der Waals surface area contributed by atoms with Crippen LogP contribution in [0.5, 0.6) is 0 Å². The molecule has 0 bridgehead atoms. The fourth-order valence-electron chi connectivity index (χ4n) is 2.11. The normalized spacial score (nSPS) is 11.4. The van der Waals surface area contributed by atoms with Gasteiger partial charge in [-0.3, -0.25) is 4.79 Å². The second kappa shape index (κ2) is 6.57. The van der Waals surface area contributed by atoms with Crippen LogP contribution in [0.1, 0.15) is 32.9 Å². The van der Waals surface area contributed by atoms with Gasteiger partial charge in [-0.25, -0.2) is 4.98 Å². The molecule has 4 nitrogen and oxygen atoms in total. The third kappa shape index (κ3) is 5.06. The van der Waals surface area contributed by atoms with E-state index in [9.17, 15) is 4.79 Å². The first-order chi connectivity index (χ1) is 9.94. The molecule has 0 aliphatic heterocycles. The van der Waals surface area contributed by atoms with Crippen molar-refractivity contribution in [2.45, 2.75) is 33.6 Å². The minimum Gasteiger partial charge on any atom is -0.356 e. The first-order valence-corrected chi connectivity index (χ1v) is 7.30. The molecule has 1 amide bonds. The number of rotatable bonds is 5. The molecule has 0 atom stereocenters. The number of nitrogens with zero attached hydrogens (tertiary/aromatic N) is 1. The van der Waals surface area contributed by atoms with E-state index in [1.807, 2.05) is 36.5 Å². The van der Waals surface area contributed by atoms with Crippen molar-refractivity contribution in [2.75, 3.05) is 6.54 Å². The Morgan fingerprint density at radius 1 is 1.24 bits per heavy atom. The van der Waals surface area contributed by atoms with Crippen molar-refractivity contribution in [3.63, 3.8) is 0 Å². The number of aromatic amines is 1. The highest BCUT2D eigenvalue weighted by Crippen LogP contribution is 2.18. The lowest BCUT2D eigenvalue weighted by atomic mass is 9.92. The summed E-state index contributed by atoms with van der Waals surface area (Å²) in [5, 5.41) is 2.95. The molecule has 0 aliphatic rings. The predicted octanol–water partition coefficient (Wildman–Crippen LogP) is 3.17. The van der Waals surface area contributed by atoms with Gasteiger partial charge in [-0.1, -0.05) is 51.1 Å². The van der Waals surface area contributed by atoms with E-state index < -0.39 is 0 Å². The average Bonchev–Trinajstić information content (AvgIpc) is 2.86. The summed E-state index contributed by atoms with van der Waals surface area (Å²) >= 11 is 0. The Morgan fingerprint density at radius 2 is 1.95 bits per heavy atom. The summed E-state index contributed by atoms with van der Waals surface area (Å²) in [5.41, 5.74) is 2.13. The Kier molecular flexibility index (Phi) is 4.78. The van der Waals surface area contributed by atoms with E-state index in [0.29, 0.717) is 13.0 Å². The van der Waals surface area contributed by atoms with Gasteiger partial charge in [0.2, 0.25) is 5.91 Å². The SMILES string of the molecule is CC(C)(C)CC(=O)NCCc1cnc(-c2ccccc2)[nH]1. The van der Waals surface area contributed by atoms with Crippen molar-refractivity contribution < 1.29 is 4.79 Å². The number of hydrogen-bond acceptors (Lipinski definition) is 2. The molecule has 21 heavy (non-hydrogen) atoms. The molecule has 0 spiro atoms. The Bertz CT molecular complexity index is 582. The standard InChI is InChI=1S/C17H23N3O/c1-17(2,3)11-15(21)18-10-9-14-12-19-16(20-14)13-7-5-4-6-8-13/h4-8,12H,9-11H2,1-3H3,(H,18,21)(H,19,20). The first kappa shape index (κ1) is 15.3. The minimum absolute atomic E-state index is 0.0263. The Labute approximate surface area is 126 Å². The Hall–Kier alpha value is -2.10. The van der Waals surface area contributed by atoms with E-state index >= 15 is 0 Å². The van der Waals surface area contributed by atoms with Crippen LogP contribution in [0.25, 0.3) is 11.4 Å². The quantitative estimate of drug-likeness (QED) is 0.886. The van der Waals surface area contributed by atoms with E-state index in [1.54, 1.807) is 0 Å². The van der Waals surface area contributed by atoms with Crippen molar-refractivity contribution in [3.8, 4) is 11.4 Å². The van der Waals surface area contributed by atoms with Crippen LogP contribution in [0.2, 0.25) is 0 Å². The molecule has 1 aromatic heterocycles. The molecule has 0 saturated heterocycles. The van der Waals surface area contributed by atoms with Crippen molar-refractivity contribution in [2.24, 2.45) is 5.41 Å². The van der Waals surface area contributed by atoms with Crippen LogP contribution in [0.4, 0.5) is 0 Å². The minimum atomic E-state index is 0.0263. The van der Waals surface area contributed by atoms with Gasteiger partial charge in [0, 0.05) is 36.8 Å². The molecular formula is C17H23N3O. The summed E-state index contributed by atoms with van der Waals surface area (Å²) in [7, 11) is 0. The molecule has 0 aliphatic carbocycles. The Balaban J connectivity index is 1.83. The maximum absolute atomic E-state index is 11.7. The maximum Gasteiger partial charge on any atom is 0.220 e. The predicted molar refractivity (Wildman–Crippen MR) is 84.8 cm³/mol. The fourth-order valence-corrected chi connectivity index (χ4v) is 2.11. The summed E-state index contributed by atoms with van der Waals surface area (Å²) in [5.74, 6) is 0.969. The molecule has 1 aromatic carbocycles. The summed E-state index contributed by atoms with van der Waals surface area (Å²) in [4.78, 5) is 19.4. The highest BCUT2D eigenvalue weighted by atomic mass is 16.1. The molecule has 0 radical (unpaired) electrons. The van der Waals surface area contributed by atoms with Gasteiger partial charge in [0.25, 0.3) is 0 Å². The van der Waals surface area contributed by atoms with Crippen LogP contribution in [0.15, 0.2) is 36.5 Å². The van der Waals surface area contributed by atoms with Gasteiger partial charge >= 0.3 is 0 Å². The molecule has 2 aromatic rings. The number of amides is 1. The molecule has 2 rings (SSSR count). The largest absolute Gasteiger partial charge is 0.356 e. The van der Waals surface area contributed by atoms with E-state index in [1.165, 1.54) is 0 Å². The van der Waals surface area contributed by atoms with Gasteiger partial charge in [-0.15, -0.1) is 0 Å². The molecule has 0 saturated carbocycles. The second-order valence-corrected chi connectivity index (χ2v) is 6.46. The summed E-state index contributed by atoms with van der Waals surface area (Å²) in [6.07, 6.45) is 3.14. The zero-order valence-electron chi connectivity index (χ0n) is 12.9. The van der Waals surface area contributed by atoms with Crippen LogP contribution >= 0.6 is 0 Å². The molecular weight excluding hydrogens is 262 g/mol. The van der Waals surface area contributed by atoms with Gasteiger partial charge < -0.3 is 10.3 Å². The van der Waals surface area contributed by atoms with Crippen LogP contribution in [-0.2, 0) is 11.2 Å². The van der Waals surface area contributed by atoms with Crippen LogP contribution < -0.4 is 5.32 Å². The zero-order valence-corrected chi connectivity index (χ0v) is 12.9. The average molecular weight is 285 g/mol. The number of carbonyl (C=O) groups excluding carboxylic acids is 1. The molecule has 1 heterocycles. The zero-order chi connectivity index (χ0) is 15.3. The molecule has 112 valence electrons. The van der Waals surface area contributed by atoms with E-state index in [4.69, 9.17) is 0 Å². The lowest BCUT2D eigenvalue weighted by Crippen LogP contribution is -2.29. The number of aromatic nitrogens is 2. The van der Waals surface area contributed by atoms with E-state index in [2.05, 4.69) is 36.1 Å². The lowest BCUT2D eigenvalue weighted by Gasteiger charge is -2.17. The van der Waals surface area contributed by atoms with E-state index in [-0.39, 0.29) is 11.3 Å². The third-order valence-corrected chi connectivity index (χ3v) is 3.08. The Morgan fingerprint density at radius 3 is 2.62 bits per heavy atom. The van der Waals surface area contributed by atoms with Gasteiger partial charge in [0.1, 0.15) is 5.82 Å². The molecule has 4 heteroatoms. The van der Waals surface area contributed by atoms with Gasteiger partial charge in [-0.2, -0.15) is 0 Å². The number of hydrogen-bond donors (Lipinski definition) is 2. The highest BCUT2D eigenvalue weighted by molar-refractivity contribution is 5.76. The smallest absolute Gasteiger partial charge is 0.220 e. The topological polar surface area (TPSA) is 57.8 Å². The highest BCUT2D eigenvalue weighted by Gasteiger charge is 2.15. The van der Waals surface area contributed by atoms with Crippen molar-refractivity contribution in [1.82, 2.24) is 15.3 Å². The van der Waals surface area contributed by atoms with Crippen molar-refractivity contribution >= 4 is 5.91 Å². The van der Waals surface area contributed by atoms with Crippen LogP contribution in [0.3, 0.4) is 0 Å². The third-order valence-electron chi connectivity index (χ3n) is 3.08. The maximum atomic E-state index is 11.7. The van der Waals surface area contributed by atoms with Gasteiger partial charge in [0.15, 0.2) is 0 Å².